The number of rotatable bonds is 3. The number of anilines is 2. The summed E-state index contributed by atoms with van der Waals surface area (Å²) in [6.45, 7) is 4.78. The lowest BCUT2D eigenvalue weighted by atomic mass is 10.3. The standard InChI is InChI=1S/C13H13N3S/c1-3-16(11-7-5-4-6-8-11)13-12(9-14)17-10(2)15-13/h4-8H,3H2,1-2H3. The second-order valence-electron chi connectivity index (χ2n) is 3.58. The van der Waals surface area contributed by atoms with E-state index in [1.54, 1.807) is 0 Å². The zero-order valence-electron chi connectivity index (χ0n) is 9.84. The zero-order chi connectivity index (χ0) is 12.3. The average Bonchev–Trinajstić information content (AvgIpc) is 2.73. The van der Waals surface area contributed by atoms with Gasteiger partial charge in [0.15, 0.2) is 5.82 Å². The minimum atomic E-state index is 0.674. The van der Waals surface area contributed by atoms with Gasteiger partial charge in [-0.1, -0.05) is 18.2 Å². The molecular weight excluding hydrogens is 230 g/mol. The van der Waals surface area contributed by atoms with Crippen LogP contribution in [0.2, 0.25) is 0 Å². The maximum Gasteiger partial charge on any atom is 0.162 e. The Balaban J connectivity index is 2.46. The molecule has 0 N–H and O–H groups in total. The lowest BCUT2D eigenvalue weighted by molar-refractivity contribution is 0.991. The van der Waals surface area contributed by atoms with Gasteiger partial charge in [-0.15, -0.1) is 11.3 Å². The summed E-state index contributed by atoms with van der Waals surface area (Å²) in [7, 11) is 0. The molecule has 0 spiro atoms. The number of aryl methyl sites for hydroxylation is 1. The summed E-state index contributed by atoms with van der Waals surface area (Å²) in [4.78, 5) is 7.18. The first-order valence-electron chi connectivity index (χ1n) is 5.46. The molecule has 4 heteroatoms. The maximum atomic E-state index is 9.12. The molecule has 17 heavy (non-hydrogen) atoms. The summed E-state index contributed by atoms with van der Waals surface area (Å²) in [5.41, 5.74) is 1.07. The van der Waals surface area contributed by atoms with Crippen LogP contribution in [0.3, 0.4) is 0 Å². The molecule has 0 aliphatic heterocycles. The average molecular weight is 243 g/mol. The molecule has 2 rings (SSSR count). The Morgan fingerprint density at radius 3 is 2.65 bits per heavy atom. The molecule has 0 aliphatic rings. The number of thiazole rings is 1. The van der Waals surface area contributed by atoms with Gasteiger partial charge in [0.05, 0.1) is 5.01 Å². The molecule has 2 aromatic rings. The van der Waals surface area contributed by atoms with Crippen LogP contribution in [0.4, 0.5) is 11.5 Å². The highest BCUT2D eigenvalue weighted by Crippen LogP contribution is 2.30. The molecule has 0 radical (unpaired) electrons. The van der Waals surface area contributed by atoms with Gasteiger partial charge in [-0.2, -0.15) is 5.26 Å². The van der Waals surface area contributed by atoms with E-state index in [1.807, 2.05) is 37.3 Å². The Bertz CT molecular complexity index is 540. The summed E-state index contributed by atoms with van der Waals surface area (Å²) >= 11 is 1.44. The van der Waals surface area contributed by atoms with Crippen molar-refractivity contribution in [3.8, 4) is 6.07 Å². The van der Waals surface area contributed by atoms with Crippen LogP contribution in [0, 0.1) is 18.3 Å². The molecule has 1 aromatic heterocycles. The number of benzene rings is 1. The highest BCUT2D eigenvalue weighted by molar-refractivity contribution is 7.12. The van der Waals surface area contributed by atoms with Crippen molar-refractivity contribution in [2.75, 3.05) is 11.4 Å². The normalized spacial score (nSPS) is 9.94. The molecule has 1 aromatic carbocycles. The number of para-hydroxylation sites is 1. The molecule has 86 valence electrons. The fraction of sp³-hybridized carbons (Fsp3) is 0.231. The van der Waals surface area contributed by atoms with Crippen LogP contribution >= 0.6 is 11.3 Å². The molecule has 1 heterocycles. The van der Waals surface area contributed by atoms with Gasteiger partial charge in [0.1, 0.15) is 10.9 Å². The monoisotopic (exact) mass is 243 g/mol. The molecule has 3 nitrogen and oxygen atoms in total. The molecule has 0 amide bonds. The van der Waals surface area contributed by atoms with E-state index >= 15 is 0 Å². The van der Waals surface area contributed by atoms with Crippen LogP contribution < -0.4 is 4.90 Å². The van der Waals surface area contributed by atoms with Crippen molar-refractivity contribution in [2.24, 2.45) is 0 Å². The SMILES string of the molecule is CCN(c1ccccc1)c1nc(C)sc1C#N. The van der Waals surface area contributed by atoms with Crippen molar-refractivity contribution < 1.29 is 0 Å². The minimum absolute atomic E-state index is 0.674. The van der Waals surface area contributed by atoms with Crippen molar-refractivity contribution in [1.29, 1.82) is 5.26 Å². The Kier molecular flexibility index (Phi) is 3.40. The number of hydrogen-bond donors (Lipinski definition) is 0. The summed E-state index contributed by atoms with van der Waals surface area (Å²) in [6.07, 6.45) is 0. The van der Waals surface area contributed by atoms with Crippen molar-refractivity contribution in [3.05, 3.63) is 40.2 Å². The maximum absolute atomic E-state index is 9.12. The van der Waals surface area contributed by atoms with Gasteiger partial charge in [-0.05, 0) is 26.0 Å². The first-order chi connectivity index (χ1) is 8.26. The Labute approximate surface area is 105 Å². The van der Waals surface area contributed by atoms with Crippen LogP contribution in [0.5, 0.6) is 0 Å². The van der Waals surface area contributed by atoms with E-state index in [4.69, 9.17) is 5.26 Å². The lowest BCUT2D eigenvalue weighted by Gasteiger charge is -2.20. The Hall–Kier alpha value is -1.86. The van der Waals surface area contributed by atoms with E-state index in [0.29, 0.717) is 4.88 Å². The van der Waals surface area contributed by atoms with E-state index in [2.05, 4.69) is 22.9 Å². The van der Waals surface area contributed by atoms with Gasteiger partial charge in [0.2, 0.25) is 0 Å². The molecule has 0 unspecified atom stereocenters. The molecule has 0 saturated heterocycles. The lowest BCUT2D eigenvalue weighted by Crippen LogP contribution is -2.17. The number of hydrogen-bond acceptors (Lipinski definition) is 4. The second-order valence-corrected chi connectivity index (χ2v) is 4.78. The largest absolute Gasteiger partial charge is 0.325 e. The highest BCUT2D eigenvalue weighted by atomic mass is 32.1. The topological polar surface area (TPSA) is 39.9 Å². The third-order valence-electron chi connectivity index (χ3n) is 2.46. The van der Waals surface area contributed by atoms with Crippen LogP contribution in [0.1, 0.15) is 16.8 Å². The van der Waals surface area contributed by atoms with Gasteiger partial charge >= 0.3 is 0 Å². The molecular formula is C13H13N3S. The quantitative estimate of drug-likeness (QED) is 0.828. The number of aromatic nitrogens is 1. The van der Waals surface area contributed by atoms with Crippen LogP contribution in [-0.4, -0.2) is 11.5 Å². The Morgan fingerprint density at radius 1 is 1.35 bits per heavy atom. The predicted octanol–water partition coefficient (Wildman–Crippen LogP) is 3.48. The molecule has 0 aliphatic carbocycles. The van der Waals surface area contributed by atoms with Gasteiger partial charge in [0, 0.05) is 12.2 Å². The van der Waals surface area contributed by atoms with Crippen molar-refractivity contribution >= 4 is 22.8 Å². The van der Waals surface area contributed by atoms with Gasteiger partial charge in [0.25, 0.3) is 0 Å². The van der Waals surface area contributed by atoms with E-state index in [1.165, 1.54) is 11.3 Å². The fourth-order valence-electron chi connectivity index (χ4n) is 1.73. The van der Waals surface area contributed by atoms with Crippen molar-refractivity contribution in [1.82, 2.24) is 4.98 Å². The molecule has 0 saturated carbocycles. The van der Waals surface area contributed by atoms with Crippen LogP contribution in [0.25, 0.3) is 0 Å². The van der Waals surface area contributed by atoms with Gasteiger partial charge in [-0.25, -0.2) is 4.98 Å². The highest BCUT2D eigenvalue weighted by Gasteiger charge is 2.16. The third-order valence-corrected chi connectivity index (χ3v) is 3.32. The van der Waals surface area contributed by atoms with Crippen LogP contribution in [-0.2, 0) is 0 Å². The summed E-state index contributed by atoms with van der Waals surface area (Å²) < 4.78 is 0. The number of nitriles is 1. The fourth-order valence-corrected chi connectivity index (χ4v) is 2.45. The van der Waals surface area contributed by atoms with E-state index in [-0.39, 0.29) is 0 Å². The minimum Gasteiger partial charge on any atom is -0.325 e. The summed E-state index contributed by atoms with van der Waals surface area (Å²) in [5, 5.41) is 10.0. The van der Waals surface area contributed by atoms with Crippen LogP contribution in [0.15, 0.2) is 30.3 Å². The number of nitrogens with zero attached hydrogens (tertiary/aromatic N) is 3. The third kappa shape index (κ3) is 2.29. The zero-order valence-corrected chi connectivity index (χ0v) is 10.7. The Morgan fingerprint density at radius 2 is 2.06 bits per heavy atom. The van der Waals surface area contributed by atoms with Gasteiger partial charge in [-0.3, -0.25) is 0 Å². The second kappa shape index (κ2) is 4.98. The van der Waals surface area contributed by atoms with Crippen molar-refractivity contribution in [3.63, 3.8) is 0 Å². The van der Waals surface area contributed by atoms with E-state index in [9.17, 15) is 0 Å². The molecule has 0 bridgehead atoms. The van der Waals surface area contributed by atoms with Crippen molar-refractivity contribution in [2.45, 2.75) is 13.8 Å². The van der Waals surface area contributed by atoms with E-state index < -0.39 is 0 Å². The summed E-state index contributed by atoms with van der Waals surface area (Å²) in [6, 6.07) is 12.2. The first kappa shape index (κ1) is 11.6. The molecule has 0 fully saturated rings. The summed E-state index contributed by atoms with van der Waals surface area (Å²) in [5.74, 6) is 0.767. The smallest absolute Gasteiger partial charge is 0.162 e. The van der Waals surface area contributed by atoms with E-state index in [0.717, 1.165) is 23.1 Å². The van der Waals surface area contributed by atoms with Gasteiger partial charge < -0.3 is 4.90 Å². The first-order valence-corrected chi connectivity index (χ1v) is 6.28. The predicted molar refractivity (Wildman–Crippen MR) is 70.7 cm³/mol. The molecule has 0 atom stereocenters.